The average Bonchev–Trinajstić information content (AvgIpc) is 3.14. The molecule has 0 amide bonds. The Labute approximate surface area is 216 Å². The lowest BCUT2D eigenvalue weighted by molar-refractivity contribution is -0.0514. The standard InChI is InChI=1S/C32H41NO3/c1-3-13-32(35)14-12-29-27-10-8-24-19-25(34)9-11-26(24)30(27)28(20-31(29,32)2)23-6-4-22(5-7-23)21-33-15-17-36-18-16-33/h4-7,19,25,27-29,34-35H,8-12,14-18,20-21H2,1-2H3/t25?,27-,28+,29-,31-,32-/m0/s1. The lowest BCUT2D eigenvalue weighted by Crippen LogP contribution is -2.51. The highest BCUT2D eigenvalue weighted by Crippen LogP contribution is 2.66. The van der Waals surface area contributed by atoms with Crippen LogP contribution in [0, 0.1) is 29.1 Å². The fourth-order valence-corrected chi connectivity index (χ4v) is 8.37. The number of aliphatic hydroxyl groups excluding tert-OH is 1. The lowest BCUT2D eigenvalue weighted by atomic mass is 9.51. The molecule has 0 radical (unpaired) electrons. The number of morpholine rings is 1. The van der Waals surface area contributed by atoms with Crippen molar-refractivity contribution >= 4 is 0 Å². The monoisotopic (exact) mass is 487 g/mol. The van der Waals surface area contributed by atoms with Gasteiger partial charge in [0.1, 0.15) is 5.60 Å². The highest BCUT2D eigenvalue weighted by molar-refractivity contribution is 5.49. The number of allylic oxidation sites excluding steroid dienone is 3. The minimum atomic E-state index is -0.907. The van der Waals surface area contributed by atoms with E-state index < -0.39 is 5.60 Å². The Morgan fingerprint density at radius 1 is 1.08 bits per heavy atom. The zero-order chi connectivity index (χ0) is 24.9. The number of rotatable bonds is 3. The fourth-order valence-electron chi connectivity index (χ4n) is 8.37. The largest absolute Gasteiger partial charge is 0.389 e. The number of fused-ring (bicyclic) bond motifs is 4. The van der Waals surface area contributed by atoms with E-state index in [4.69, 9.17) is 4.74 Å². The van der Waals surface area contributed by atoms with Crippen molar-refractivity contribution in [3.8, 4) is 11.8 Å². The van der Waals surface area contributed by atoms with Gasteiger partial charge < -0.3 is 14.9 Å². The molecule has 192 valence electrons. The van der Waals surface area contributed by atoms with E-state index in [0.29, 0.717) is 17.8 Å². The summed E-state index contributed by atoms with van der Waals surface area (Å²) in [6, 6.07) is 9.33. The second kappa shape index (κ2) is 9.44. The van der Waals surface area contributed by atoms with Crippen LogP contribution in [0.3, 0.4) is 0 Å². The van der Waals surface area contributed by atoms with Gasteiger partial charge in [0, 0.05) is 31.0 Å². The lowest BCUT2D eigenvalue weighted by Gasteiger charge is -2.54. The first-order valence-electron chi connectivity index (χ1n) is 14.1. The number of hydrogen-bond acceptors (Lipinski definition) is 4. The minimum absolute atomic E-state index is 0.211. The SMILES string of the molecule is CC#C[C@]1(O)CC[C@H]2[C@@H]3CCC4=CC(O)CCC4=C3[C@@H](c3ccc(CN4CCOCC4)cc3)C[C@@]21C. The maximum atomic E-state index is 11.8. The van der Waals surface area contributed by atoms with E-state index in [0.717, 1.165) is 77.8 Å². The molecule has 4 nitrogen and oxygen atoms in total. The average molecular weight is 488 g/mol. The van der Waals surface area contributed by atoms with Gasteiger partial charge in [-0.3, -0.25) is 4.90 Å². The molecule has 1 heterocycles. The second-order valence-corrected chi connectivity index (χ2v) is 12.1. The van der Waals surface area contributed by atoms with E-state index in [-0.39, 0.29) is 11.5 Å². The summed E-state index contributed by atoms with van der Waals surface area (Å²) in [5.41, 5.74) is 6.15. The molecule has 0 aromatic heterocycles. The molecule has 6 atom stereocenters. The fraction of sp³-hybridized carbons (Fsp3) is 0.625. The van der Waals surface area contributed by atoms with Crippen LogP contribution < -0.4 is 0 Å². The smallest absolute Gasteiger partial charge is 0.131 e. The summed E-state index contributed by atoms with van der Waals surface area (Å²) in [6.07, 6.45) is 8.58. The van der Waals surface area contributed by atoms with E-state index in [1.807, 2.05) is 6.92 Å². The first kappa shape index (κ1) is 24.4. The van der Waals surface area contributed by atoms with Crippen LogP contribution >= 0.6 is 0 Å². The number of ether oxygens (including phenoxy) is 1. The summed E-state index contributed by atoms with van der Waals surface area (Å²) in [4.78, 5) is 2.47. The van der Waals surface area contributed by atoms with Gasteiger partial charge >= 0.3 is 0 Å². The number of aliphatic hydroxyl groups is 2. The topological polar surface area (TPSA) is 52.9 Å². The highest BCUT2D eigenvalue weighted by Gasteiger charge is 2.62. The van der Waals surface area contributed by atoms with Crippen molar-refractivity contribution in [3.05, 3.63) is 58.2 Å². The van der Waals surface area contributed by atoms with E-state index in [2.05, 4.69) is 54.0 Å². The number of hydrogen-bond donors (Lipinski definition) is 2. The molecule has 36 heavy (non-hydrogen) atoms. The zero-order valence-electron chi connectivity index (χ0n) is 21.9. The molecule has 2 N–H and O–H groups in total. The van der Waals surface area contributed by atoms with E-state index in [1.54, 1.807) is 5.57 Å². The van der Waals surface area contributed by atoms with Crippen LogP contribution in [-0.2, 0) is 11.3 Å². The molecule has 1 unspecified atom stereocenters. The first-order chi connectivity index (χ1) is 17.4. The summed E-state index contributed by atoms with van der Waals surface area (Å²) < 4.78 is 5.52. The van der Waals surface area contributed by atoms with Gasteiger partial charge in [-0.2, -0.15) is 0 Å². The van der Waals surface area contributed by atoms with Gasteiger partial charge in [0.15, 0.2) is 0 Å². The Kier molecular flexibility index (Phi) is 6.41. The van der Waals surface area contributed by atoms with Crippen LogP contribution in [0.15, 0.2) is 47.1 Å². The summed E-state index contributed by atoms with van der Waals surface area (Å²) in [5, 5.41) is 22.2. The summed E-state index contributed by atoms with van der Waals surface area (Å²) in [6.45, 7) is 8.81. The summed E-state index contributed by atoms with van der Waals surface area (Å²) in [5.74, 6) is 7.61. The van der Waals surface area contributed by atoms with E-state index in [1.165, 1.54) is 22.3 Å². The molecule has 4 aliphatic carbocycles. The van der Waals surface area contributed by atoms with Gasteiger partial charge in [-0.05, 0) is 86.0 Å². The molecule has 1 aliphatic heterocycles. The van der Waals surface area contributed by atoms with Crippen molar-refractivity contribution in [2.24, 2.45) is 17.3 Å². The third-order valence-electron chi connectivity index (χ3n) is 10.2. The third kappa shape index (κ3) is 4.00. The molecule has 0 bridgehead atoms. The van der Waals surface area contributed by atoms with E-state index in [9.17, 15) is 10.2 Å². The number of benzene rings is 1. The van der Waals surface area contributed by atoms with Crippen LogP contribution in [0.25, 0.3) is 0 Å². The maximum absolute atomic E-state index is 11.8. The van der Waals surface area contributed by atoms with Crippen molar-refractivity contribution < 1.29 is 14.9 Å². The molecule has 6 rings (SSSR count). The first-order valence-corrected chi connectivity index (χ1v) is 14.1. The van der Waals surface area contributed by atoms with Gasteiger partial charge in [0.25, 0.3) is 0 Å². The van der Waals surface area contributed by atoms with Crippen molar-refractivity contribution in [1.29, 1.82) is 0 Å². The molecule has 2 saturated carbocycles. The van der Waals surface area contributed by atoms with Gasteiger partial charge in [-0.1, -0.05) is 48.8 Å². The van der Waals surface area contributed by atoms with Crippen LogP contribution in [0.5, 0.6) is 0 Å². The Hall–Kier alpha value is -1.90. The molecule has 1 saturated heterocycles. The van der Waals surface area contributed by atoms with Crippen molar-refractivity contribution in [2.75, 3.05) is 26.3 Å². The number of nitrogens with zero attached hydrogens (tertiary/aromatic N) is 1. The Morgan fingerprint density at radius 2 is 1.86 bits per heavy atom. The third-order valence-corrected chi connectivity index (χ3v) is 10.2. The molecule has 1 aromatic carbocycles. The predicted molar refractivity (Wildman–Crippen MR) is 142 cm³/mol. The van der Waals surface area contributed by atoms with Crippen LogP contribution in [-0.4, -0.2) is 53.1 Å². The molecule has 0 spiro atoms. The Balaban J connectivity index is 1.39. The molecule has 4 heteroatoms. The molecule has 1 aromatic rings. The van der Waals surface area contributed by atoms with E-state index >= 15 is 0 Å². The molecule has 5 aliphatic rings. The summed E-state index contributed by atoms with van der Waals surface area (Å²) >= 11 is 0. The van der Waals surface area contributed by atoms with Crippen molar-refractivity contribution in [2.45, 2.75) is 83.0 Å². The van der Waals surface area contributed by atoms with Gasteiger partial charge in [-0.25, -0.2) is 0 Å². The van der Waals surface area contributed by atoms with Gasteiger partial charge in [-0.15, -0.1) is 5.92 Å². The van der Waals surface area contributed by atoms with Crippen LogP contribution in [0.4, 0.5) is 0 Å². The second-order valence-electron chi connectivity index (χ2n) is 12.1. The quantitative estimate of drug-likeness (QED) is 0.592. The molecule has 3 fully saturated rings. The van der Waals surface area contributed by atoms with Gasteiger partial charge in [0.05, 0.1) is 19.3 Å². The Morgan fingerprint density at radius 3 is 2.61 bits per heavy atom. The summed E-state index contributed by atoms with van der Waals surface area (Å²) in [7, 11) is 0. The van der Waals surface area contributed by atoms with Gasteiger partial charge in [0.2, 0.25) is 0 Å². The maximum Gasteiger partial charge on any atom is 0.131 e. The normalized spacial score (nSPS) is 38.4. The Bertz CT molecular complexity index is 1120. The predicted octanol–water partition coefficient (Wildman–Crippen LogP) is 4.96. The molecular weight excluding hydrogens is 446 g/mol. The highest BCUT2D eigenvalue weighted by atomic mass is 16.5. The zero-order valence-corrected chi connectivity index (χ0v) is 21.9. The minimum Gasteiger partial charge on any atom is -0.389 e. The molecular formula is C32H41NO3. The van der Waals surface area contributed by atoms with Crippen LogP contribution in [0.2, 0.25) is 0 Å². The van der Waals surface area contributed by atoms with Crippen molar-refractivity contribution in [3.63, 3.8) is 0 Å². The van der Waals surface area contributed by atoms with Crippen LogP contribution in [0.1, 0.15) is 75.8 Å². The van der Waals surface area contributed by atoms with Crippen molar-refractivity contribution in [1.82, 2.24) is 4.90 Å².